The Morgan fingerprint density at radius 1 is 0.364 bits per heavy atom. The Labute approximate surface area is 319 Å². The highest BCUT2D eigenvalue weighted by atomic mass is 16.3. The van der Waals surface area contributed by atoms with Gasteiger partial charge in [0.1, 0.15) is 11.2 Å². The summed E-state index contributed by atoms with van der Waals surface area (Å²) in [7, 11) is 0. The van der Waals surface area contributed by atoms with E-state index in [1.807, 2.05) is 0 Å². The summed E-state index contributed by atoms with van der Waals surface area (Å²) >= 11 is 0. The van der Waals surface area contributed by atoms with Crippen LogP contribution in [0.1, 0.15) is 22.3 Å². The van der Waals surface area contributed by atoms with Gasteiger partial charge in [-0.25, -0.2) is 0 Å². The van der Waals surface area contributed by atoms with Crippen molar-refractivity contribution in [2.45, 2.75) is 5.41 Å². The number of para-hydroxylation sites is 2. The Morgan fingerprint density at radius 2 is 1.04 bits per heavy atom. The molecule has 1 spiro atoms. The molecule has 0 saturated heterocycles. The van der Waals surface area contributed by atoms with Gasteiger partial charge in [0.2, 0.25) is 0 Å². The fraction of sp³-hybridized carbons (Fsp3) is 0.0189. The first-order valence-corrected chi connectivity index (χ1v) is 19.0. The second-order valence-corrected chi connectivity index (χ2v) is 14.8. The molecule has 9 aromatic carbocycles. The van der Waals surface area contributed by atoms with E-state index in [2.05, 4.69) is 205 Å². The summed E-state index contributed by atoms with van der Waals surface area (Å²) in [5.41, 5.74) is 17.2. The van der Waals surface area contributed by atoms with E-state index in [9.17, 15) is 0 Å². The zero-order valence-corrected chi connectivity index (χ0v) is 29.9. The molecule has 10 aromatic rings. The number of hydrogen-bond donors (Lipinski definition) is 0. The minimum absolute atomic E-state index is 0.518. The fourth-order valence-electron chi connectivity index (χ4n) is 9.75. The summed E-state index contributed by atoms with van der Waals surface area (Å²) in [5, 5.41) is 4.80. The Morgan fingerprint density at radius 3 is 1.93 bits per heavy atom. The summed E-state index contributed by atoms with van der Waals surface area (Å²) in [4.78, 5) is 2.41. The van der Waals surface area contributed by atoms with E-state index in [1.54, 1.807) is 0 Å². The van der Waals surface area contributed by atoms with Crippen LogP contribution >= 0.6 is 0 Å². The third-order valence-electron chi connectivity index (χ3n) is 12.0. The SMILES string of the molecule is c1ccc(N(c2cccc(-c3ccc4ccccc4c3)c2)c2ccc3c(c2)C2(c4ccccc4-3)c3ccccc3-c3c2ccc2c3oc3ccccc32)cc1. The van der Waals surface area contributed by atoms with Crippen molar-refractivity contribution in [2.75, 3.05) is 4.90 Å². The molecule has 256 valence electrons. The smallest absolute Gasteiger partial charge is 0.143 e. The van der Waals surface area contributed by atoms with E-state index in [-0.39, 0.29) is 0 Å². The van der Waals surface area contributed by atoms with Crippen LogP contribution in [0.25, 0.3) is 66.1 Å². The molecule has 2 nitrogen and oxygen atoms in total. The lowest BCUT2D eigenvalue weighted by Crippen LogP contribution is -2.26. The van der Waals surface area contributed by atoms with Gasteiger partial charge >= 0.3 is 0 Å². The average Bonchev–Trinajstić information content (AvgIpc) is 3.88. The van der Waals surface area contributed by atoms with Crippen molar-refractivity contribution in [3.63, 3.8) is 0 Å². The van der Waals surface area contributed by atoms with Crippen molar-refractivity contribution in [3.8, 4) is 33.4 Å². The molecule has 0 radical (unpaired) electrons. The predicted molar refractivity (Wildman–Crippen MR) is 228 cm³/mol. The number of rotatable bonds is 4. The lowest BCUT2D eigenvalue weighted by molar-refractivity contribution is 0.669. The lowest BCUT2D eigenvalue weighted by Gasteiger charge is -2.32. The maximum absolute atomic E-state index is 6.77. The van der Waals surface area contributed by atoms with Gasteiger partial charge in [0.25, 0.3) is 0 Å². The number of hydrogen-bond acceptors (Lipinski definition) is 2. The first-order chi connectivity index (χ1) is 27.3. The largest absolute Gasteiger partial charge is 0.455 e. The number of anilines is 3. The third-order valence-corrected chi connectivity index (χ3v) is 12.0. The van der Waals surface area contributed by atoms with Gasteiger partial charge in [0, 0.05) is 33.4 Å². The monoisotopic (exact) mass is 699 g/mol. The van der Waals surface area contributed by atoms with Crippen LogP contribution in [0.5, 0.6) is 0 Å². The molecule has 0 N–H and O–H groups in total. The maximum atomic E-state index is 6.77. The summed E-state index contributed by atoms with van der Waals surface area (Å²) in [6.07, 6.45) is 0. The van der Waals surface area contributed by atoms with E-state index < -0.39 is 5.41 Å². The molecule has 0 amide bonds. The molecule has 2 aliphatic rings. The van der Waals surface area contributed by atoms with Crippen molar-refractivity contribution in [1.29, 1.82) is 0 Å². The van der Waals surface area contributed by atoms with E-state index in [4.69, 9.17) is 4.42 Å². The number of nitrogens with zero attached hydrogens (tertiary/aromatic N) is 1. The maximum Gasteiger partial charge on any atom is 0.143 e. The van der Waals surface area contributed by atoms with Crippen LogP contribution in [-0.4, -0.2) is 0 Å². The van der Waals surface area contributed by atoms with Crippen molar-refractivity contribution in [2.24, 2.45) is 0 Å². The van der Waals surface area contributed by atoms with Gasteiger partial charge in [0.15, 0.2) is 0 Å². The molecule has 1 unspecified atom stereocenters. The fourth-order valence-corrected chi connectivity index (χ4v) is 9.75. The van der Waals surface area contributed by atoms with Crippen LogP contribution in [0.4, 0.5) is 17.1 Å². The minimum atomic E-state index is -0.518. The van der Waals surface area contributed by atoms with E-state index in [0.29, 0.717) is 0 Å². The molecular formula is C53H33NO. The van der Waals surface area contributed by atoms with Gasteiger partial charge in [-0.1, -0.05) is 152 Å². The van der Waals surface area contributed by atoms with Gasteiger partial charge in [0.05, 0.1) is 5.41 Å². The van der Waals surface area contributed by atoms with E-state index >= 15 is 0 Å². The average molecular weight is 700 g/mol. The standard InChI is InChI=1S/C53H33NO/c1-2-16-38(17-3-1)54(39-18-12-15-36(32-39)37-26-25-34-13-4-5-14-35(34)31-37)40-27-28-42-41-19-6-9-22-46(41)53(49(42)33-40)47-23-10-7-21-45(47)51-48(53)30-29-44-43-20-8-11-24-50(43)55-52(44)51/h1-33H. The molecule has 12 rings (SSSR count). The number of furan rings is 1. The summed E-state index contributed by atoms with van der Waals surface area (Å²) in [6, 6.07) is 73.2. The third kappa shape index (κ3) is 4.19. The highest BCUT2D eigenvalue weighted by molar-refractivity contribution is 6.13. The van der Waals surface area contributed by atoms with Crippen molar-refractivity contribution in [3.05, 3.63) is 222 Å². The molecule has 2 heteroatoms. The quantitative estimate of drug-likeness (QED) is 0.182. The topological polar surface area (TPSA) is 16.4 Å². The zero-order valence-electron chi connectivity index (χ0n) is 29.9. The van der Waals surface area contributed by atoms with Gasteiger partial charge < -0.3 is 9.32 Å². The molecule has 1 aromatic heterocycles. The first kappa shape index (κ1) is 30.3. The van der Waals surface area contributed by atoms with Crippen LogP contribution in [0, 0.1) is 0 Å². The van der Waals surface area contributed by atoms with Crippen molar-refractivity contribution in [1.82, 2.24) is 0 Å². The molecule has 55 heavy (non-hydrogen) atoms. The Kier molecular flexibility index (Phi) is 6.29. The van der Waals surface area contributed by atoms with E-state index in [0.717, 1.165) is 39.0 Å². The minimum Gasteiger partial charge on any atom is -0.455 e. The van der Waals surface area contributed by atoms with Crippen LogP contribution in [0.2, 0.25) is 0 Å². The van der Waals surface area contributed by atoms with Crippen molar-refractivity contribution < 1.29 is 4.42 Å². The highest BCUT2D eigenvalue weighted by Crippen LogP contribution is 2.64. The van der Waals surface area contributed by atoms with Crippen LogP contribution in [-0.2, 0) is 5.41 Å². The highest BCUT2D eigenvalue weighted by Gasteiger charge is 2.52. The molecule has 0 saturated carbocycles. The van der Waals surface area contributed by atoms with Gasteiger partial charge in [-0.15, -0.1) is 0 Å². The van der Waals surface area contributed by atoms with Gasteiger partial charge in [-0.2, -0.15) is 0 Å². The summed E-state index contributed by atoms with van der Waals surface area (Å²) in [5.74, 6) is 0. The molecule has 0 bridgehead atoms. The second kappa shape index (κ2) is 11.4. The Bertz CT molecular complexity index is 3170. The molecule has 1 heterocycles. The molecule has 2 aliphatic carbocycles. The van der Waals surface area contributed by atoms with Crippen LogP contribution in [0.3, 0.4) is 0 Å². The van der Waals surface area contributed by atoms with Gasteiger partial charge in [-0.3, -0.25) is 0 Å². The van der Waals surface area contributed by atoms with Crippen LogP contribution in [0.15, 0.2) is 205 Å². The second-order valence-electron chi connectivity index (χ2n) is 14.8. The molecule has 0 aliphatic heterocycles. The number of benzene rings is 9. The zero-order chi connectivity index (χ0) is 36.1. The molecule has 1 atom stereocenters. The molecular weight excluding hydrogens is 667 g/mol. The van der Waals surface area contributed by atoms with Crippen molar-refractivity contribution >= 4 is 49.8 Å². The Balaban J connectivity index is 1.11. The molecule has 0 fully saturated rings. The Hall–Kier alpha value is -7.16. The van der Waals surface area contributed by atoms with E-state index in [1.165, 1.54) is 66.4 Å². The normalized spacial score (nSPS) is 15.0. The first-order valence-electron chi connectivity index (χ1n) is 19.0. The number of fused-ring (bicyclic) bond motifs is 15. The summed E-state index contributed by atoms with van der Waals surface area (Å²) < 4.78 is 6.77. The van der Waals surface area contributed by atoms with Crippen LogP contribution < -0.4 is 4.90 Å². The summed E-state index contributed by atoms with van der Waals surface area (Å²) in [6.45, 7) is 0. The predicted octanol–water partition coefficient (Wildman–Crippen LogP) is 14.2. The lowest BCUT2D eigenvalue weighted by atomic mass is 9.70. The van der Waals surface area contributed by atoms with Gasteiger partial charge in [-0.05, 0) is 109 Å².